The molecule has 0 amide bonds. The second kappa shape index (κ2) is 10.8. The summed E-state index contributed by atoms with van der Waals surface area (Å²) < 4.78 is 32.5. The molecule has 200 valence electrons. The number of nitrogens with one attached hydrogen (secondary N) is 3. The average molecular weight is 553 g/mol. The van der Waals surface area contributed by atoms with E-state index in [1.807, 2.05) is 17.5 Å². The highest BCUT2D eigenvalue weighted by Crippen LogP contribution is 2.38. The van der Waals surface area contributed by atoms with E-state index in [9.17, 15) is 8.42 Å². The van der Waals surface area contributed by atoms with Gasteiger partial charge in [-0.3, -0.25) is 4.72 Å². The zero-order chi connectivity index (χ0) is 26.9. The lowest BCUT2D eigenvalue weighted by molar-refractivity contribution is 0.255. The molecule has 5 rings (SSSR count). The fraction of sp³-hybridized carbons (Fsp3) is 0.333. The molecule has 2 aromatic heterocycles. The lowest BCUT2D eigenvalue weighted by Gasteiger charge is -2.30. The number of aromatic nitrogens is 2. The smallest absolute Gasteiger partial charge is 0.229 e. The average Bonchev–Trinajstić information content (AvgIpc) is 3.33. The van der Waals surface area contributed by atoms with Gasteiger partial charge in [-0.15, -0.1) is 11.3 Å². The summed E-state index contributed by atoms with van der Waals surface area (Å²) in [5.74, 6) is 2.35. The largest absolute Gasteiger partial charge is 0.495 e. The van der Waals surface area contributed by atoms with Crippen LogP contribution in [0.4, 0.5) is 28.8 Å². The van der Waals surface area contributed by atoms with E-state index in [0.29, 0.717) is 29.1 Å². The molecule has 11 heteroatoms. The molecular formula is C27H32N6O3S2. The van der Waals surface area contributed by atoms with Gasteiger partial charge in [0.2, 0.25) is 16.0 Å². The molecule has 0 aliphatic carbocycles. The molecule has 2 aromatic carbocycles. The van der Waals surface area contributed by atoms with Gasteiger partial charge in [0, 0.05) is 5.69 Å². The first kappa shape index (κ1) is 26.2. The normalized spacial score (nSPS) is 14.9. The first-order valence-corrected chi connectivity index (χ1v) is 15.2. The van der Waals surface area contributed by atoms with Crippen LogP contribution in [0.5, 0.6) is 5.75 Å². The van der Waals surface area contributed by atoms with E-state index in [1.54, 1.807) is 25.3 Å². The summed E-state index contributed by atoms with van der Waals surface area (Å²) in [5, 5.41) is 8.67. The number of hydrogen-bond acceptors (Lipinski definition) is 9. The SMILES string of the molecule is COc1cc(C2CCN(C)CC2)c(C)cc1Nc1nc(Nc2cccc(NS(C)(=O)=O)c2)c2sccc2n1. The lowest BCUT2D eigenvalue weighted by Crippen LogP contribution is -2.29. The number of fused-ring (bicyclic) bond motifs is 1. The Kier molecular flexibility index (Phi) is 7.42. The van der Waals surface area contributed by atoms with E-state index in [1.165, 1.54) is 22.5 Å². The maximum Gasteiger partial charge on any atom is 0.229 e. The van der Waals surface area contributed by atoms with Crippen molar-refractivity contribution in [1.82, 2.24) is 14.9 Å². The fourth-order valence-corrected chi connectivity index (χ4v) is 6.20. The van der Waals surface area contributed by atoms with Gasteiger partial charge in [-0.1, -0.05) is 6.07 Å². The molecule has 4 aromatic rings. The summed E-state index contributed by atoms with van der Waals surface area (Å²) in [7, 11) is 0.474. The minimum atomic E-state index is -3.38. The number of anilines is 5. The predicted octanol–water partition coefficient (Wildman–Crippen LogP) is 5.68. The first-order valence-electron chi connectivity index (χ1n) is 12.4. The first-order chi connectivity index (χ1) is 18.2. The second-order valence-corrected chi connectivity index (χ2v) is 12.4. The maximum absolute atomic E-state index is 11.7. The van der Waals surface area contributed by atoms with Crippen LogP contribution in [0.25, 0.3) is 10.2 Å². The van der Waals surface area contributed by atoms with Crippen LogP contribution in [-0.4, -0.2) is 56.8 Å². The topological polar surface area (TPSA) is 108 Å². The monoisotopic (exact) mass is 552 g/mol. The molecule has 0 saturated carbocycles. The van der Waals surface area contributed by atoms with E-state index in [4.69, 9.17) is 14.7 Å². The number of nitrogens with zero attached hydrogens (tertiary/aromatic N) is 3. The number of rotatable bonds is 8. The van der Waals surface area contributed by atoms with Crippen LogP contribution >= 0.6 is 11.3 Å². The van der Waals surface area contributed by atoms with Gasteiger partial charge in [-0.25, -0.2) is 13.4 Å². The van der Waals surface area contributed by atoms with Gasteiger partial charge in [0.15, 0.2) is 5.82 Å². The second-order valence-electron chi connectivity index (χ2n) is 9.72. The van der Waals surface area contributed by atoms with Crippen LogP contribution < -0.4 is 20.1 Å². The zero-order valence-electron chi connectivity index (χ0n) is 21.9. The van der Waals surface area contributed by atoms with Crippen LogP contribution in [0, 0.1) is 6.92 Å². The molecule has 0 radical (unpaired) electrons. The lowest BCUT2D eigenvalue weighted by atomic mass is 9.86. The Bertz CT molecular complexity index is 1560. The molecule has 0 unspecified atom stereocenters. The molecule has 1 aliphatic heterocycles. The predicted molar refractivity (Wildman–Crippen MR) is 156 cm³/mol. The molecule has 1 aliphatic rings. The third-order valence-electron chi connectivity index (χ3n) is 6.73. The summed E-state index contributed by atoms with van der Waals surface area (Å²) in [5.41, 5.74) is 5.33. The van der Waals surface area contributed by atoms with Gasteiger partial charge >= 0.3 is 0 Å². The van der Waals surface area contributed by atoms with Crippen molar-refractivity contribution in [3.8, 4) is 5.75 Å². The minimum Gasteiger partial charge on any atom is -0.495 e. The summed E-state index contributed by atoms with van der Waals surface area (Å²) in [6.45, 7) is 4.35. The number of piperidine rings is 1. The van der Waals surface area contributed by atoms with Gasteiger partial charge < -0.3 is 20.3 Å². The van der Waals surface area contributed by atoms with Gasteiger partial charge in [0.05, 0.1) is 35.0 Å². The van der Waals surface area contributed by atoms with E-state index < -0.39 is 10.0 Å². The Balaban J connectivity index is 1.44. The van der Waals surface area contributed by atoms with E-state index in [2.05, 4.69) is 46.4 Å². The quantitative estimate of drug-likeness (QED) is 0.256. The fourth-order valence-electron chi connectivity index (χ4n) is 4.87. The summed E-state index contributed by atoms with van der Waals surface area (Å²) in [6.07, 6.45) is 3.41. The van der Waals surface area contributed by atoms with Crippen molar-refractivity contribution >= 4 is 60.4 Å². The minimum absolute atomic E-state index is 0.438. The van der Waals surface area contributed by atoms with E-state index in [-0.39, 0.29) is 0 Å². The van der Waals surface area contributed by atoms with Crippen molar-refractivity contribution in [3.63, 3.8) is 0 Å². The Morgan fingerprint density at radius 1 is 1.05 bits per heavy atom. The van der Waals surface area contributed by atoms with Crippen molar-refractivity contribution < 1.29 is 13.2 Å². The van der Waals surface area contributed by atoms with Crippen LogP contribution in [0.3, 0.4) is 0 Å². The molecular weight excluding hydrogens is 520 g/mol. The van der Waals surface area contributed by atoms with Gasteiger partial charge in [0.1, 0.15) is 5.75 Å². The number of thiophene rings is 1. The van der Waals surface area contributed by atoms with Gasteiger partial charge in [-0.2, -0.15) is 4.98 Å². The highest BCUT2D eigenvalue weighted by atomic mass is 32.2. The van der Waals surface area contributed by atoms with Crippen LogP contribution in [0.2, 0.25) is 0 Å². The Labute approximate surface area is 227 Å². The standard InChI is InChI=1S/C27H32N6O3S2/c1-17-14-23(24(36-3)16-21(17)18-8-11-33(2)12-9-18)30-27-29-22-10-13-37-25(22)26(31-27)28-19-6-5-7-20(15-19)32-38(4,34)35/h5-7,10,13-16,18,32H,8-9,11-12H2,1-4H3,(H2,28,29,30,31). The molecule has 38 heavy (non-hydrogen) atoms. The molecule has 0 atom stereocenters. The Morgan fingerprint density at radius 3 is 2.55 bits per heavy atom. The van der Waals surface area contributed by atoms with Crippen molar-refractivity contribution in [2.45, 2.75) is 25.7 Å². The van der Waals surface area contributed by atoms with Crippen molar-refractivity contribution in [3.05, 3.63) is 59.0 Å². The van der Waals surface area contributed by atoms with Gasteiger partial charge in [-0.05, 0) is 98.7 Å². The van der Waals surface area contributed by atoms with Crippen molar-refractivity contribution in [1.29, 1.82) is 0 Å². The molecule has 0 spiro atoms. The summed E-state index contributed by atoms with van der Waals surface area (Å²) in [6, 6.07) is 13.3. The molecule has 0 bridgehead atoms. The Morgan fingerprint density at radius 2 is 1.82 bits per heavy atom. The maximum atomic E-state index is 11.7. The Hall–Kier alpha value is -3.41. The highest BCUT2D eigenvalue weighted by Gasteiger charge is 2.22. The van der Waals surface area contributed by atoms with E-state index in [0.717, 1.165) is 53.8 Å². The molecule has 9 nitrogen and oxygen atoms in total. The number of benzene rings is 2. The third kappa shape index (κ3) is 6.01. The number of ether oxygens (including phenoxy) is 1. The summed E-state index contributed by atoms with van der Waals surface area (Å²) >= 11 is 1.54. The van der Waals surface area contributed by atoms with Crippen LogP contribution in [0.15, 0.2) is 47.8 Å². The number of methoxy groups -OCH3 is 1. The van der Waals surface area contributed by atoms with Crippen LogP contribution in [-0.2, 0) is 10.0 Å². The highest BCUT2D eigenvalue weighted by molar-refractivity contribution is 7.92. The number of sulfonamides is 1. The van der Waals surface area contributed by atoms with Crippen LogP contribution in [0.1, 0.15) is 29.9 Å². The molecule has 1 fully saturated rings. The van der Waals surface area contributed by atoms with E-state index >= 15 is 0 Å². The molecule has 3 N–H and O–H groups in total. The molecule has 3 heterocycles. The number of hydrogen-bond donors (Lipinski definition) is 3. The van der Waals surface area contributed by atoms with Gasteiger partial charge in [0.25, 0.3) is 0 Å². The summed E-state index contributed by atoms with van der Waals surface area (Å²) in [4.78, 5) is 11.9. The molecule has 1 saturated heterocycles. The number of likely N-dealkylation sites (tertiary alicyclic amines) is 1. The van der Waals surface area contributed by atoms with Crippen molar-refractivity contribution in [2.75, 3.05) is 48.9 Å². The zero-order valence-corrected chi connectivity index (χ0v) is 23.5. The number of aryl methyl sites for hydroxylation is 1. The van der Waals surface area contributed by atoms with Crippen molar-refractivity contribution in [2.24, 2.45) is 0 Å². The third-order valence-corrected chi connectivity index (χ3v) is 8.24.